The third kappa shape index (κ3) is 331. The first kappa shape index (κ1) is 36.0. The van der Waals surface area contributed by atoms with E-state index in [9.17, 15) is 0 Å². The van der Waals surface area contributed by atoms with Crippen LogP contribution in [0, 0.1) is 0 Å². The Morgan fingerprint density at radius 3 is 0.571 bits per heavy atom. The molecule has 0 aliphatic rings. The van der Waals surface area contributed by atoms with Crippen LogP contribution in [0.2, 0.25) is 0 Å². The molecule has 0 spiro atoms. The predicted molar refractivity (Wildman–Crippen MR) is 21.0 cm³/mol. The maximum absolute atomic E-state index is 8.55. The van der Waals surface area contributed by atoms with E-state index in [0.717, 1.165) is 0 Å². The summed E-state index contributed by atoms with van der Waals surface area (Å²) in [6.45, 7) is 0. The summed E-state index contributed by atoms with van der Waals surface area (Å²) in [7, 11) is -10.8. The van der Waals surface area contributed by atoms with Crippen molar-refractivity contribution in [2.75, 3.05) is 0 Å². The molecule has 0 N–H and O–H groups in total. The van der Waals surface area contributed by atoms with Gasteiger partial charge in [0.25, 0.3) is 0 Å². The molecule has 0 radical (unpaired) electrons. The maximum Gasteiger partial charge on any atom is 3.00 e. The fourth-order valence-corrected chi connectivity index (χ4v) is 0. The molecular weight excluding hydrogens is 541 g/mol. The Kier molecular flexibility index (Phi) is 41.0. The van der Waals surface area contributed by atoms with Crippen LogP contribution in [-0.4, -0.2) is 17.4 Å². The number of hydrogen-bond acceptors (Lipinski definition) is 8. The largest absolute Gasteiger partial charge is 3.00 e. The van der Waals surface area contributed by atoms with Gasteiger partial charge in [0.15, 0.2) is 0 Å². The Hall–Kier alpha value is 2.97. The van der Waals surface area contributed by atoms with E-state index in [1.807, 2.05) is 0 Å². The molecule has 0 heterocycles. The summed E-state index contributed by atoms with van der Waals surface area (Å²) in [5.41, 5.74) is 0. The van der Waals surface area contributed by atoms with Gasteiger partial charge >= 0.3 is 84.5 Å². The van der Waals surface area contributed by atoms with Crippen molar-refractivity contribution in [3.63, 3.8) is 0 Å². The zero-order valence-corrected chi connectivity index (χ0v) is 13.0. The number of phosphoric acid groups is 2. The van der Waals surface area contributed by atoms with Crippen molar-refractivity contribution < 1.29 is 106 Å². The molecule has 0 bridgehead atoms. The van der Waals surface area contributed by atoms with Crippen LogP contribution in [-0.2, 0) is 76.3 Å². The molecule has 0 unspecified atom stereocenters. The van der Waals surface area contributed by atoms with Gasteiger partial charge in [-0.25, -0.2) is 0 Å². The minimum absolute atomic E-state index is 0. The van der Waals surface area contributed by atoms with E-state index < -0.39 is 15.6 Å². The van der Waals surface area contributed by atoms with E-state index in [2.05, 4.69) is 0 Å². The molecule has 8 nitrogen and oxygen atoms in total. The predicted octanol–water partition coefficient (Wildman–Crippen LogP) is -6.04. The molecule has 0 amide bonds. The van der Waals surface area contributed by atoms with Crippen molar-refractivity contribution >= 4 is 33.0 Å². The Morgan fingerprint density at radius 2 is 0.571 bits per heavy atom. The first-order valence-corrected chi connectivity index (χ1v) is 4.38. The van der Waals surface area contributed by atoms with Crippen LogP contribution in [0.4, 0.5) is 0 Å². The Morgan fingerprint density at radius 1 is 0.571 bits per heavy atom. The van der Waals surface area contributed by atoms with Crippen molar-refractivity contribution in [3.8, 4) is 0 Å². The molecule has 0 aliphatic heterocycles. The van der Waals surface area contributed by atoms with E-state index in [1.54, 1.807) is 0 Å². The summed E-state index contributed by atoms with van der Waals surface area (Å²) in [6, 6.07) is 0. The monoisotopic (exact) mass is 538 g/mol. The van der Waals surface area contributed by atoms with Crippen LogP contribution in [0.5, 0.6) is 0 Å². The SMILES string of the molecule is O=P([O-])([O-])[O-].O=P([O-])([O-])[O-].[Ag+].[Ag+].[Ag+].[Al+3]. The second-order valence-electron chi connectivity index (χ2n) is 0.894. The fraction of sp³-hybridized carbons (Fsp3) is 0. The van der Waals surface area contributed by atoms with Gasteiger partial charge in [0.1, 0.15) is 0 Å². The van der Waals surface area contributed by atoms with Crippen LogP contribution in [0.25, 0.3) is 0 Å². The average Bonchev–Trinajstić information content (AvgIpc) is 1.12. The van der Waals surface area contributed by atoms with Crippen LogP contribution in [0.3, 0.4) is 0 Å². The molecular formula is Ag3AlO8P2. The quantitative estimate of drug-likeness (QED) is 0.216. The van der Waals surface area contributed by atoms with Crippen LogP contribution < -0.4 is 29.4 Å². The van der Waals surface area contributed by atoms with Crippen molar-refractivity contribution in [3.05, 3.63) is 0 Å². The smallest absolute Gasteiger partial charge is 0.822 e. The van der Waals surface area contributed by atoms with Gasteiger partial charge in [-0.15, -0.1) is 0 Å². The molecule has 0 aliphatic carbocycles. The van der Waals surface area contributed by atoms with Crippen molar-refractivity contribution in [2.24, 2.45) is 0 Å². The molecule has 0 aromatic heterocycles. The van der Waals surface area contributed by atoms with Crippen molar-refractivity contribution in [1.82, 2.24) is 0 Å². The molecule has 0 saturated carbocycles. The van der Waals surface area contributed by atoms with Gasteiger partial charge in [-0.2, -0.15) is 15.6 Å². The van der Waals surface area contributed by atoms with Gasteiger partial charge in [-0.1, -0.05) is 0 Å². The maximum atomic E-state index is 8.55. The van der Waals surface area contributed by atoms with Gasteiger partial charge in [-0.3, -0.25) is 0 Å². The molecule has 0 fully saturated rings. The van der Waals surface area contributed by atoms with E-state index in [-0.39, 0.29) is 84.5 Å². The zero-order valence-electron chi connectivity index (χ0n) is 5.64. The average molecular weight is 541 g/mol. The minimum Gasteiger partial charge on any atom is -0.822 e. The summed E-state index contributed by atoms with van der Waals surface area (Å²) in [5.74, 6) is 0. The van der Waals surface area contributed by atoms with Gasteiger partial charge < -0.3 is 38.5 Å². The second-order valence-corrected chi connectivity index (χ2v) is 2.68. The first-order chi connectivity index (χ1) is 4.00. The van der Waals surface area contributed by atoms with Gasteiger partial charge in [-0.05, 0) is 0 Å². The van der Waals surface area contributed by atoms with E-state index in [4.69, 9.17) is 38.5 Å². The van der Waals surface area contributed by atoms with Gasteiger partial charge in [0, 0.05) is 0 Å². The number of hydrogen-bond donors (Lipinski definition) is 0. The van der Waals surface area contributed by atoms with Crippen LogP contribution in [0.15, 0.2) is 0 Å². The minimum atomic E-state index is -5.39. The molecule has 0 rings (SSSR count). The third-order valence-electron chi connectivity index (χ3n) is 0. The number of rotatable bonds is 0. The third-order valence-corrected chi connectivity index (χ3v) is 0. The van der Waals surface area contributed by atoms with Crippen LogP contribution in [0.1, 0.15) is 0 Å². The Balaban J connectivity index is -0.0000000178. The van der Waals surface area contributed by atoms with Crippen molar-refractivity contribution in [1.29, 1.82) is 0 Å². The molecule has 14 heavy (non-hydrogen) atoms. The second kappa shape index (κ2) is 16.0. The standard InChI is InChI=1S/3Ag.Al.2H3O4P/c;;;;2*1-5(2,3)4/h;;;;2*(H3,1,2,3,4)/q3*+1;+3;;/p-6. The molecule has 14 heteroatoms. The molecule has 0 atom stereocenters. The Labute approximate surface area is 137 Å². The Bertz CT molecular complexity index is 135. The molecule has 94 valence electrons. The van der Waals surface area contributed by atoms with E-state index >= 15 is 0 Å². The van der Waals surface area contributed by atoms with Gasteiger partial charge in [0.2, 0.25) is 0 Å². The normalized spacial score (nSPS) is 8.43. The summed E-state index contributed by atoms with van der Waals surface area (Å²) in [4.78, 5) is 51.3. The van der Waals surface area contributed by atoms with Crippen molar-refractivity contribution in [2.45, 2.75) is 0 Å². The summed E-state index contributed by atoms with van der Waals surface area (Å²) in [6.07, 6.45) is 0. The fourth-order valence-electron chi connectivity index (χ4n) is 0. The first-order valence-electron chi connectivity index (χ1n) is 1.46. The van der Waals surface area contributed by atoms with E-state index in [0.29, 0.717) is 0 Å². The molecule has 0 saturated heterocycles. The molecule has 0 aromatic carbocycles. The van der Waals surface area contributed by atoms with Crippen LogP contribution >= 0.6 is 15.6 Å². The zero-order chi connectivity index (χ0) is 9.00. The molecule has 0 aromatic rings. The summed E-state index contributed by atoms with van der Waals surface area (Å²) >= 11 is 0. The topological polar surface area (TPSA) is 172 Å². The summed E-state index contributed by atoms with van der Waals surface area (Å²) in [5, 5.41) is 0. The van der Waals surface area contributed by atoms with E-state index in [1.165, 1.54) is 0 Å². The van der Waals surface area contributed by atoms with Gasteiger partial charge in [0.05, 0.1) is 0 Å². The summed E-state index contributed by atoms with van der Waals surface area (Å²) < 4.78 is 17.1.